The molecule has 2 aromatic rings. The van der Waals surface area contributed by atoms with Crippen molar-refractivity contribution < 1.29 is 4.79 Å². The fourth-order valence-electron chi connectivity index (χ4n) is 3.41. The Labute approximate surface area is 124 Å². The second kappa shape index (κ2) is 5.01. The van der Waals surface area contributed by atoms with Crippen molar-refractivity contribution in [1.82, 2.24) is 5.32 Å². The first-order valence-electron chi connectivity index (χ1n) is 7.56. The highest BCUT2D eigenvalue weighted by Crippen LogP contribution is 2.30. The van der Waals surface area contributed by atoms with E-state index in [1.165, 1.54) is 16.7 Å². The largest absolute Gasteiger partial charge is 0.312 e. The first kappa shape index (κ1) is 12.6. The average Bonchev–Trinajstić information content (AvgIpc) is 2.98. The normalized spacial score (nSPS) is 16.5. The van der Waals surface area contributed by atoms with Gasteiger partial charge in [-0.1, -0.05) is 30.3 Å². The molecule has 0 saturated heterocycles. The zero-order valence-electron chi connectivity index (χ0n) is 11.9. The molecule has 0 radical (unpaired) electrons. The van der Waals surface area contributed by atoms with E-state index < -0.39 is 0 Å². The third-order valence-electron chi connectivity index (χ3n) is 4.51. The van der Waals surface area contributed by atoms with Crippen molar-refractivity contribution in [3.8, 4) is 0 Å². The van der Waals surface area contributed by atoms with Crippen LogP contribution in [-0.2, 0) is 19.4 Å². The molecule has 3 heteroatoms. The van der Waals surface area contributed by atoms with E-state index in [1.807, 2.05) is 35.2 Å². The third-order valence-corrected chi connectivity index (χ3v) is 4.51. The average molecular weight is 278 g/mol. The summed E-state index contributed by atoms with van der Waals surface area (Å²) in [5.41, 5.74) is 5.69. The lowest BCUT2D eigenvalue weighted by atomic mass is 9.95. The van der Waals surface area contributed by atoms with Gasteiger partial charge >= 0.3 is 0 Å². The molecule has 106 valence electrons. The van der Waals surface area contributed by atoms with Gasteiger partial charge in [-0.25, -0.2) is 0 Å². The van der Waals surface area contributed by atoms with Gasteiger partial charge in [0.05, 0.1) is 0 Å². The Bertz CT molecular complexity index is 708. The molecule has 2 heterocycles. The van der Waals surface area contributed by atoms with Gasteiger partial charge in [0, 0.05) is 24.3 Å². The molecule has 4 rings (SSSR count). The van der Waals surface area contributed by atoms with Crippen molar-refractivity contribution in [3.63, 3.8) is 0 Å². The molecule has 0 unspecified atom stereocenters. The van der Waals surface area contributed by atoms with Crippen LogP contribution in [0.25, 0.3) is 0 Å². The maximum absolute atomic E-state index is 13.0. The van der Waals surface area contributed by atoms with Crippen molar-refractivity contribution in [1.29, 1.82) is 0 Å². The summed E-state index contributed by atoms with van der Waals surface area (Å²) in [6, 6.07) is 14.3. The Kier molecular flexibility index (Phi) is 3.00. The number of benzene rings is 2. The number of nitrogens with zero attached hydrogens (tertiary/aromatic N) is 1. The van der Waals surface area contributed by atoms with Crippen molar-refractivity contribution in [3.05, 3.63) is 64.7 Å². The van der Waals surface area contributed by atoms with E-state index >= 15 is 0 Å². The topological polar surface area (TPSA) is 32.3 Å². The van der Waals surface area contributed by atoms with Crippen LogP contribution in [0.2, 0.25) is 0 Å². The van der Waals surface area contributed by atoms with Crippen LogP contribution in [0.5, 0.6) is 0 Å². The lowest BCUT2D eigenvalue weighted by Gasteiger charge is -2.23. The van der Waals surface area contributed by atoms with Crippen LogP contribution < -0.4 is 10.2 Å². The van der Waals surface area contributed by atoms with Crippen LogP contribution in [0.4, 0.5) is 5.69 Å². The van der Waals surface area contributed by atoms with E-state index in [-0.39, 0.29) is 5.91 Å². The summed E-state index contributed by atoms with van der Waals surface area (Å²) < 4.78 is 0. The van der Waals surface area contributed by atoms with E-state index in [0.717, 1.165) is 43.7 Å². The Morgan fingerprint density at radius 1 is 1.00 bits per heavy atom. The van der Waals surface area contributed by atoms with E-state index in [0.29, 0.717) is 0 Å². The number of para-hydroxylation sites is 1. The number of carbonyl (C=O) groups is 1. The number of fused-ring (bicyclic) bond motifs is 2. The van der Waals surface area contributed by atoms with Gasteiger partial charge in [0.15, 0.2) is 0 Å². The fourth-order valence-corrected chi connectivity index (χ4v) is 3.41. The maximum atomic E-state index is 13.0. The standard InChI is InChI=1S/C18H18N2O/c21-18(20-11-9-14-4-1-2-7-17(14)20)15-6-3-5-13-8-10-19-12-16(13)15/h1-7,19H,8-12H2. The van der Waals surface area contributed by atoms with Crippen LogP contribution in [0.3, 0.4) is 0 Å². The van der Waals surface area contributed by atoms with Gasteiger partial charge in [0.2, 0.25) is 0 Å². The van der Waals surface area contributed by atoms with E-state index in [9.17, 15) is 4.79 Å². The number of anilines is 1. The number of rotatable bonds is 1. The molecule has 2 aromatic carbocycles. The molecule has 3 nitrogen and oxygen atoms in total. The summed E-state index contributed by atoms with van der Waals surface area (Å²) in [5.74, 6) is 0.139. The van der Waals surface area contributed by atoms with Crippen LogP contribution in [0.1, 0.15) is 27.0 Å². The Morgan fingerprint density at radius 3 is 2.81 bits per heavy atom. The molecule has 0 aromatic heterocycles. The maximum Gasteiger partial charge on any atom is 0.258 e. The molecule has 1 N–H and O–H groups in total. The van der Waals surface area contributed by atoms with Crippen molar-refractivity contribution in [2.45, 2.75) is 19.4 Å². The summed E-state index contributed by atoms with van der Waals surface area (Å²) in [6.45, 7) is 2.58. The van der Waals surface area contributed by atoms with Crippen molar-refractivity contribution in [2.75, 3.05) is 18.0 Å². The number of hydrogen-bond donors (Lipinski definition) is 1. The summed E-state index contributed by atoms with van der Waals surface area (Å²) in [5, 5.41) is 3.38. The molecule has 0 saturated carbocycles. The minimum atomic E-state index is 0.139. The highest BCUT2D eigenvalue weighted by molar-refractivity contribution is 6.08. The predicted octanol–water partition coefficient (Wildman–Crippen LogP) is 2.54. The smallest absolute Gasteiger partial charge is 0.258 e. The molecule has 0 aliphatic carbocycles. The zero-order valence-corrected chi connectivity index (χ0v) is 11.9. The molecular weight excluding hydrogens is 260 g/mol. The fraction of sp³-hybridized carbons (Fsp3) is 0.278. The van der Waals surface area contributed by atoms with Gasteiger partial charge < -0.3 is 10.2 Å². The second-order valence-corrected chi connectivity index (χ2v) is 5.71. The van der Waals surface area contributed by atoms with Crippen LogP contribution in [0.15, 0.2) is 42.5 Å². The van der Waals surface area contributed by atoms with Crippen molar-refractivity contribution in [2.24, 2.45) is 0 Å². The Balaban J connectivity index is 1.74. The van der Waals surface area contributed by atoms with Crippen molar-refractivity contribution >= 4 is 11.6 Å². The summed E-state index contributed by atoms with van der Waals surface area (Å²) in [6.07, 6.45) is 1.96. The summed E-state index contributed by atoms with van der Waals surface area (Å²) >= 11 is 0. The van der Waals surface area contributed by atoms with Gasteiger partial charge in [0.25, 0.3) is 5.91 Å². The lowest BCUT2D eigenvalue weighted by Crippen LogP contribution is -2.32. The van der Waals surface area contributed by atoms with Gasteiger partial charge in [-0.3, -0.25) is 4.79 Å². The molecule has 0 spiro atoms. The zero-order chi connectivity index (χ0) is 14.2. The molecule has 0 atom stereocenters. The van der Waals surface area contributed by atoms with Crippen LogP contribution in [0, 0.1) is 0 Å². The SMILES string of the molecule is O=C(c1cccc2c1CNCC2)N1CCc2ccccc21. The number of nitrogens with one attached hydrogen (secondary N) is 1. The lowest BCUT2D eigenvalue weighted by molar-refractivity contribution is 0.0988. The van der Waals surface area contributed by atoms with Crippen LogP contribution >= 0.6 is 0 Å². The summed E-state index contributed by atoms with van der Waals surface area (Å²) in [4.78, 5) is 14.9. The van der Waals surface area contributed by atoms with E-state index in [1.54, 1.807) is 0 Å². The molecular formula is C18H18N2O. The molecule has 21 heavy (non-hydrogen) atoms. The minimum Gasteiger partial charge on any atom is -0.312 e. The Morgan fingerprint density at radius 2 is 1.86 bits per heavy atom. The number of amides is 1. The highest BCUT2D eigenvalue weighted by atomic mass is 16.2. The third kappa shape index (κ3) is 2.05. The monoisotopic (exact) mass is 278 g/mol. The quantitative estimate of drug-likeness (QED) is 0.869. The molecule has 2 aliphatic heterocycles. The van der Waals surface area contributed by atoms with Crippen LogP contribution in [-0.4, -0.2) is 19.0 Å². The highest BCUT2D eigenvalue weighted by Gasteiger charge is 2.27. The molecule has 2 aliphatic rings. The first-order valence-corrected chi connectivity index (χ1v) is 7.56. The van der Waals surface area contributed by atoms with Gasteiger partial charge in [-0.15, -0.1) is 0 Å². The number of hydrogen-bond acceptors (Lipinski definition) is 2. The van der Waals surface area contributed by atoms with E-state index in [2.05, 4.69) is 17.4 Å². The van der Waals surface area contributed by atoms with Gasteiger partial charge in [0.1, 0.15) is 0 Å². The molecule has 1 amide bonds. The second-order valence-electron chi connectivity index (χ2n) is 5.71. The molecule has 0 fully saturated rings. The summed E-state index contributed by atoms with van der Waals surface area (Å²) in [7, 11) is 0. The molecule has 0 bridgehead atoms. The predicted molar refractivity (Wildman–Crippen MR) is 83.7 cm³/mol. The van der Waals surface area contributed by atoms with Gasteiger partial charge in [-0.05, 0) is 48.2 Å². The number of carbonyl (C=O) groups excluding carboxylic acids is 1. The van der Waals surface area contributed by atoms with Gasteiger partial charge in [-0.2, -0.15) is 0 Å². The minimum absolute atomic E-state index is 0.139. The van der Waals surface area contributed by atoms with E-state index in [4.69, 9.17) is 0 Å². The Hall–Kier alpha value is -2.13. The first-order chi connectivity index (χ1) is 10.3.